The molecule has 0 N–H and O–H groups in total. The summed E-state index contributed by atoms with van der Waals surface area (Å²) < 4.78 is 0. The zero-order valence-electron chi connectivity index (χ0n) is 12.4. The predicted octanol–water partition coefficient (Wildman–Crippen LogP) is 6.23. The van der Waals surface area contributed by atoms with E-state index in [1.165, 1.54) is 63.4 Å². The van der Waals surface area contributed by atoms with Gasteiger partial charge in [-0.1, -0.05) is 81.9 Å². The third kappa shape index (κ3) is 4.86. The molecule has 0 spiro atoms. The Bertz CT molecular complexity index is 374. The molecule has 0 amide bonds. The maximum atomic E-state index is 2.50. The molecule has 1 atom stereocenters. The summed E-state index contributed by atoms with van der Waals surface area (Å²) in [5.41, 5.74) is 3.01. The van der Waals surface area contributed by atoms with Gasteiger partial charge in [-0.2, -0.15) is 0 Å². The molecule has 0 saturated heterocycles. The van der Waals surface area contributed by atoms with Crippen LogP contribution in [0.5, 0.6) is 0 Å². The fourth-order valence-corrected chi connectivity index (χ4v) is 3.10. The number of hydrogen-bond donors (Lipinski definition) is 0. The lowest BCUT2D eigenvalue weighted by Crippen LogP contribution is -2.05. The highest BCUT2D eigenvalue weighted by molar-refractivity contribution is 5.66. The Morgan fingerprint density at radius 3 is 2.47 bits per heavy atom. The molecule has 104 valence electrons. The summed E-state index contributed by atoms with van der Waals surface area (Å²) in [5, 5.41) is 0. The monoisotopic (exact) mass is 256 g/mol. The van der Waals surface area contributed by atoms with Crippen LogP contribution in [0.15, 0.2) is 36.4 Å². The van der Waals surface area contributed by atoms with E-state index in [1.807, 2.05) is 0 Å². The van der Waals surface area contributed by atoms with Gasteiger partial charge in [-0.15, -0.1) is 0 Å². The Labute approximate surface area is 118 Å². The van der Waals surface area contributed by atoms with E-state index in [0.717, 1.165) is 5.92 Å². The molecule has 0 aliphatic heterocycles. The first-order chi connectivity index (χ1) is 9.40. The van der Waals surface area contributed by atoms with Crippen molar-refractivity contribution in [3.05, 3.63) is 42.0 Å². The lowest BCUT2D eigenvalue weighted by Gasteiger charge is -2.22. The number of allylic oxidation sites excluding steroid dienone is 2. The van der Waals surface area contributed by atoms with Crippen molar-refractivity contribution in [2.24, 2.45) is 5.92 Å². The Kier molecular flexibility index (Phi) is 6.20. The van der Waals surface area contributed by atoms with Crippen LogP contribution in [0, 0.1) is 5.92 Å². The van der Waals surface area contributed by atoms with Crippen LogP contribution in [0.4, 0.5) is 0 Å². The lowest BCUT2D eigenvalue weighted by molar-refractivity contribution is 0.423. The van der Waals surface area contributed by atoms with Crippen molar-refractivity contribution in [3.63, 3.8) is 0 Å². The number of rotatable bonds is 7. The summed E-state index contributed by atoms with van der Waals surface area (Å²) in [6.07, 6.45) is 15.0. The molecule has 1 aliphatic carbocycles. The first-order valence-electron chi connectivity index (χ1n) is 8.14. The minimum Gasteiger partial charge on any atom is -0.0804 e. The van der Waals surface area contributed by atoms with Crippen molar-refractivity contribution in [1.82, 2.24) is 0 Å². The molecular weight excluding hydrogens is 228 g/mol. The van der Waals surface area contributed by atoms with Gasteiger partial charge in [0.2, 0.25) is 0 Å². The van der Waals surface area contributed by atoms with Crippen molar-refractivity contribution in [3.8, 4) is 0 Å². The fraction of sp³-hybridized carbons (Fsp3) is 0.579. The van der Waals surface area contributed by atoms with Crippen LogP contribution in [-0.2, 0) is 0 Å². The maximum absolute atomic E-state index is 2.50. The molecule has 0 radical (unpaired) electrons. The van der Waals surface area contributed by atoms with E-state index in [-0.39, 0.29) is 0 Å². The molecule has 0 aromatic heterocycles. The quantitative estimate of drug-likeness (QED) is 0.507. The summed E-state index contributed by atoms with van der Waals surface area (Å²) in [5.74, 6) is 0.953. The molecule has 0 bridgehead atoms. The first kappa shape index (κ1) is 14.4. The fourth-order valence-electron chi connectivity index (χ4n) is 3.10. The zero-order chi connectivity index (χ0) is 13.3. The minimum atomic E-state index is 0.953. The largest absolute Gasteiger partial charge is 0.0804 e. The summed E-state index contributed by atoms with van der Waals surface area (Å²) in [4.78, 5) is 0. The lowest BCUT2D eigenvalue weighted by atomic mass is 9.84. The summed E-state index contributed by atoms with van der Waals surface area (Å²) >= 11 is 0. The molecule has 1 unspecified atom stereocenters. The number of hydrogen-bond acceptors (Lipinski definition) is 0. The molecule has 1 aliphatic rings. The highest BCUT2D eigenvalue weighted by atomic mass is 14.2. The molecule has 0 saturated carbocycles. The number of unbranched alkanes of at least 4 members (excludes halogenated alkanes) is 4. The maximum Gasteiger partial charge on any atom is -0.0228 e. The molecular formula is C19H28. The van der Waals surface area contributed by atoms with Crippen LogP contribution in [0.2, 0.25) is 0 Å². The summed E-state index contributed by atoms with van der Waals surface area (Å²) in [6.45, 7) is 2.29. The second-order valence-electron chi connectivity index (χ2n) is 5.94. The van der Waals surface area contributed by atoms with Gasteiger partial charge in [-0.25, -0.2) is 0 Å². The van der Waals surface area contributed by atoms with Crippen molar-refractivity contribution in [2.75, 3.05) is 0 Å². The van der Waals surface area contributed by atoms with Crippen LogP contribution in [0.3, 0.4) is 0 Å². The van der Waals surface area contributed by atoms with Crippen molar-refractivity contribution >= 4 is 5.57 Å². The van der Waals surface area contributed by atoms with E-state index < -0.39 is 0 Å². The van der Waals surface area contributed by atoms with E-state index in [4.69, 9.17) is 0 Å². The van der Waals surface area contributed by atoms with E-state index >= 15 is 0 Å². The Morgan fingerprint density at radius 1 is 1.00 bits per heavy atom. The third-order valence-electron chi connectivity index (χ3n) is 4.38. The van der Waals surface area contributed by atoms with Gasteiger partial charge in [0.15, 0.2) is 0 Å². The van der Waals surface area contributed by atoms with Crippen LogP contribution < -0.4 is 0 Å². The topological polar surface area (TPSA) is 0 Å². The molecule has 0 heterocycles. The third-order valence-corrected chi connectivity index (χ3v) is 4.38. The predicted molar refractivity (Wildman–Crippen MR) is 85.1 cm³/mol. The van der Waals surface area contributed by atoms with E-state index in [1.54, 1.807) is 5.57 Å². The zero-order valence-corrected chi connectivity index (χ0v) is 12.4. The SMILES string of the molecule is CCCCCCCC1CC=C(c2ccccc2)CC1. The van der Waals surface area contributed by atoms with Crippen molar-refractivity contribution < 1.29 is 0 Å². The van der Waals surface area contributed by atoms with Gasteiger partial charge in [0.25, 0.3) is 0 Å². The van der Waals surface area contributed by atoms with Crippen LogP contribution in [0.1, 0.15) is 70.3 Å². The highest BCUT2D eigenvalue weighted by Gasteiger charge is 2.14. The molecule has 2 rings (SSSR count). The van der Waals surface area contributed by atoms with Gasteiger partial charge < -0.3 is 0 Å². The Morgan fingerprint density at radius 2 is 1.79 bits per heavy atom. The molecule has 0 fully saturated rings. The van der Waals surface area contributed by atoms with Gasteiger partial charge in [0.05, 0.1) is 0 Å². The first-order valence-corrected chi connectivity index (χ1v) is 8.14. The summed E-state index contributed by atoms with van der Waals surface area (Å²) in [7, 11) is 0. The molecule has 1 aromatic rings. The normalized spacial score (nSPS) is 19.2. The van der Waals surface area contributed by atoms with E-state index in [0.29, 0.717) is 0 Å². The average molecular weight is 256 g/mol. The standard InChI is InChI=1S/C19H28/c1-2-3-4-5-7-10-17-13-15-19(16-14-17)18-11-8-6-9-12-18/h6,8-9,11-12,15,17H,2-5,7,10,13-14,16H2,1H3. The van der Waals surface area contributed by atoms with Gasteiger partial charge in [-0.05, 0) is 36.3 Å². The second kappa shape index (κ2) is 8.19. The molecule has 19 heavy (non-hydrogen) atoms. The Balaban J connectivity index is 1.71. The highest BCUT2D eigenvalue weighted by Crippen LogP contribution is 2.32. The van der Waals surface area contributed by atoms with Gasteiger partial charge in [0, 0.05) is 0 Å². The van der Waals surface area contributed by atoms with Gasteiger partial charge >= 0.3 is 0 Å². The summed E-state index contributed by atoms with van der Waals surface area (Å²) in [6, 6.07) is 10.9. The van der Waals surface area contributed by atoms with E-state index in [9.17, 15) is 0 Å². The minimum absolute atomic E-state index is 0.953. The molecule has 1 aromatic carbocycles. The van der Waals surface area contributed by atoms with Crippen molar-refractivity contribution in [2.45, 2.75) is 64.7 Å². The molecule has 0 heteroatoms. The van der Waals surface area contributed by atoms with Gasteiger partial charge in [0.1, 0.15) is 0 Å². The molecule has 0 nitrogen and oxygen atoms in total. The Hall–Kier alpha value is -1.04. The van der Waals surface area contributed by atoms with Crippen LogP contribution in [-0.4, -0.2) is 0 Å². The number of benzene rings is 1. The average Bonchev–Trinajstić information content (AvgIpc) is 2.49. The van der Waals surface area contributed by atoms with Crippen LogP contribution in [0.25, 0.3) is 5.57 Å². The smallest absolute Gasteiger partial charge is 0.0228 e. The van der Waals surface area contributed by atoms with Crippen LogP contribution >= 0.6 is 0 Å². The van der Waals surface area contributed by atoms with Crippen molar-refractivity contribution in [1.29, 1.82) is 0 Å². The van der Waals surface area contributed by atoms with E-state index in [2.05, 4.69) is 43.3 Å². The van der Waals surface area contributed by atoms with Gasteiger partial charge in [-0.3, -0.25) is 0 Å². The second-order valence-corrected chi connectivity index (χ2v) is 5.94.